The summed E-state index contributed by atoms with van der Waals surface area (Å²) in [5.74, 6) is -0.198. The Hall–Kier alpha value is -3.22. The molecule has 2 heterocycles. The number of benzene rings is 1. The quantitative estimate of drug-likeness (QED) is 0.551. The molecule has 1 aromatic carbocycles. The van der Waals surface area contributed by atoms with Gasteiger partial charge in [0.25, 0.3) is 5.91 Å². The van der Waals surface area contributed by atoms with Gasteiger partial charge in [0.2, 0.25) is 0 Å². The van der Waals surface area contributed by atoms with Gasteiger partial charge in [-0.25, -0.2) is 14.5 Å². The zero-order valence-corrected chi connectivity index (χ0v) is 15.8. The molecule has 0 spiro atoms. The maximum absolute atomic E-state index is 13.6. The number of rotatable bonds is 5. The van der Waals surface area contributed by atoms with Gasteiger partial charge in [-0.05, 0) is 45.9 Å². The van der Waals surface area contributed by atoms with Gasteiger partial charge in [-0.2, -0.15) is 10.2 Å². The number of halogens is 1. The van der Waals surface area contributed by atoms with Crippen LogP contribution in [0.15, 0.2) is 47.7 Å². The van der Waals surface area contributed by atoms with E-state index < -0.39 is 11.7 Å². The van der Waals surface area contributed by atoms with E-state index in [4.69, 9.17) is 0 Å². The molecule has 0 radical (unpaired) electrons. The second kappa shape index (κ2) is 7.57. The summed E-state index contributed by atoms with van der Waals surface area (Å²) >= 11 is 0. The fourth-order valence-electron chi connectivity index (χ4n) is 3.02. The van der Waals surface area contributed by atoms with Gasteiger partial charge in [0.1, 0.15) is 11.6 Å². The van der Waals surface area contributed by atoms with E-state index in [1.807, 2.05) is 30.7 Å². The first-order chi connectivity index (χ1) is 12.9. The van der Waals surface area contributed by atoms with Gasteiger partial charge in [-0.1, -0.05) is 12.1 Å². The second-order valence-corrected chi connectivity index (χ2v) is 6.57. The van der Waals surface area contributed by atoms with Crippen LogP contribution in [0.2, 0.25) is 0 Å². The number of nitrogens with zero attached hydrogens (tertiary/aromatic N) is 4. The number of hydrogen-bond donors (Lipinski definition) is 1. The van der Waals surface area contributed by atoms with Crippen LogP contribution in [0.3, 0.4) is 0 Å². The Labute approximate surface area is 157 Å². The lowest BCUT2D eigenvalue weighted by Gasteiger charge is -2.14. The Kier molecular flexibility index (Phi) is 5.21. The third-order valence-corrected chi connectivity index (χ3v) is 4.33. The number of amides is 1. The van der Waals surface area contributed by atoms with Crippen molar-refractivity contribution in [1.82, 2.24) is 19.8 Å². The minimum atomic E-state index is -0.587. The van der Waals surface area contributed by atoms with E-state index in [2.05, 4.69) is 34.0 Å². The molecule has 0 saturated heterocycles. The minimum absolute atomic E-state index is 0.0408. The zero-order valence-electron chi connectivity index (χ0n) is 15.8. The lowest BCUT2D eigenvalue weighted by molar-refractivity contribution is 0.0951. The molecule has 1 amide bonds. The molecular weight excluding hydrogens is 345 g/mol. The molecule has 27 heavy (non-hydrogen) atoms. The summed E-state index contributed by atoms with van der Waals surface area (Å²) in [5, 5.41) is 8.37. The molecule has 6 nitrogen and oxygen atoms in total. The van der Waals surface area contributed by atoms with Crippen LogP contribution in [0, 0.1) is 19.7 Å². The lowest BCUT2D eigenvalue weighted by atomic mass is 10.2. The average molecular weight is 367 g/mol. The van der Waals surface area contributed by atoms with Gasteiger partial charge in [0, 0.05) is 29.1 Å². The van der Waals surface area contributed by atoms with Crippen molar-refractivity contribution < 1.29 is 9.18 Å². The maximum Gasteiger partial charge on any atom is 0.274 e. The monoisotopic (exact) mass is 367 g/mol. The molecule has 140 valence electrons. The summed E-state index contributed by atoms with van der Waals surface area (Å²) < 4.78 is 17.7. The molecule has 0 bridgehead atoms. The van der Waals surface area contributed by atoms with E-state index in [1.165, 1.54) is 18.2 Å². The lowest BCUT2D eigenvalue weighted by Crippen LogP contribution is -2.19. The van der Waals surface area contributed by atoms with Gasteiger partial charge in [-0.3, -0.25) is 4.79 Å². The minimum Gasteiger partial charge on any atom is -0.303 e. The van der Waals surface area contributed by atoms with E-state index in [1.54, 1.807) is 18.5 Å². The molecule has 3 aromatic rings. The van der Waals surface area contributed by atoms with Gasteiger partial charge in [-0.15, -0.1) is 0 Å². The third-order valence-electron chi connectivity index (χ3n) is 4.33. The van der Waals surface area contributed by atoms with Gasteiger partial charge >= 0.3 is 0 Å². The number of nitrogens with one attached hydrogen (secondary N) is 1. The summed E-state index contributed by atoms with van der Waals surface area (Å²) in [7, 11) is 0. The fourth-order valence-corrected chi connectivity index (χ4v) is 3.02. The number of carbonyl (C=O) groups excluding carboxylic acids is 1. The molecular formula is C20H22FN5O. The van der Waals surface area contributed by atoms with Crippen LogP contribution >= 0.6 is 0 Å². The first kappa shape index (κ1) is 18.6. The molecule has 0 atom stereocenters. The molecule has 0 aliphatic carbocycles. The highest BCUT2D eigenvalue weighted by Crippen LogP contribution is 2.21. The van der Waals surface area contributed by atoms with E-state index >= 15 is 0 Å². The average Bonchev–Trinajstić information content (AvgIpc) is 3.20. The molecule has 0 saturated carbocycles. The fraction of sp³-hybridized carbons (Fsp3) is 0.250. The zero-order chi connectivity index (χ0) is 19.6. The van der Waals surface area contributed by atoms with E-state index in [0.29, 0.717) is 0 Å². The topological polar surface area (TPSA) is 64.2 Å². The van der Waals surface area contributed by atoms with Gasteiger partial charge in [0.15, 0.2) is 0 Å². The van der Waals surface area contributed by atoms with Crippen LogP contribution in [0.25, 0.3) is 5.82 Å². The van der Waals surface area contributed by atoms with Crippen LogP contribution in [0.4, 0.5) is 4.39 Å². The normalized spacial score (nSPS) is 11.5. The number of aryl methyl sites for hydroxylation is 1. The predicted octanol–water partition coefficient (Wildman–Crippen LogP) is 3.77. The summed E-state index contributed by atoms with van der Waals surface area (Å²) in [6.07, 6.45) is 3.34. The summed E-state index contributed by atoms with van der Waals surface area (Å²) in [4.78, 5) is 12.0. The summed E-state index contributed by atoms with van der Waals surface area (Å²) in [6, 6.07) is 9.96. The van der Waals surface area contributed by atoms with Crippen LogP contribution < -0.4 is 5.43 Å². The molecule has 7 heteroatoms. The highest BCUT2D eigenvalue weighted by atomic mass is 19.1. The molecule has 0 aliphatic rings. The van der Waals surface area contributed by atoms with Crippen molar-refractivity contribution >= 4 is 12.1 Å². The molecule has 1 N–H and O–H groups in total. The largest absolute Gasteiger partial charge is 0.303 e. The van der Waals surface area contributed by atoms with Gasteiger partial charge in [0.05, 0.1) is 18.0 Å². The molecule has 2 aromatic heterocycles. The van der Waals surface area contributed by atoms with Crippen LogP contribution in [-0.4, -0.2) is 26.5 Å². The van der Waals surface area contributed by atoms with E-state index in [9.17, 15) is 9.18 Å². The number of hydrazone groups is 1. The Morgan fingerprint density at radius 3 is 2.70 bits per heavy atom. The number of hydrogen-bond acceptors (Lipinski definition) is 3. The Morgan fingerprint density at radius 1 is 1.26 bits per heavy atom. The van der Waals surface area contributed by atoms with Gasteiger partial charge < -0.3 is 4.57 Å². The molecule has 0 fully saturated rings. The van der Waals surface area contributed by atoms with Crippen LogP contribution in [0.1, 0.15) is 47.2 Å². The highest BCUT2D eigenvalue weighted by Gasteiger charge is 2.15. The number of aromatic nitrogens is 3. The molecule has 3 rings (SSSR count). The van der Waals surface area contributed by atoms with Crippen molar-refractivity contribution in [3.63, 3.8) is 0 Å². The van der Waals surface area contributed by atoms with Crippen LogP contribution in [-0.2, 0) is 0 Å². The van der Waals surface area contributed by atoms with E-state index in [0.717, 1.165) is 22.8 Å². The second-order valence-electron chi connectivity index (χ2n) is 6.57. The first-order valence-corrected chi connectivity index (χ1v) is 8.71. The van der Waals surface area contributed by atoms with Crippen molar-refractivity contribution in [2.24, 2.45) is 5.10 Å². The SMILES string of the molecule is Cc1cc(/C=N\NC(=O)c2ccccc2F)c(C)n1-c1ccnn1C(C)C. The predicted molar refractivity (Wildman–Crippen MR) is 103 cm³/mol. The van der Waals surface area contributed by atoms with Crippen molar-refractivity contribution in [3.05, 3.63) is 70.9 Å². The van der Waals surface area contributed by atoms with Crippen LogP contribution in [0.5, 0.6) is 0 Å². The highest BCUT2D eigenvalue weighted by molar-refractivity contribution is 5.95. The van der Waals surface area contributed by atoms with Crippen molar-refractivity contribution in [2.75, 3.05) is 0 Å². The maximum atomic E-state index is 13.6. The third kappa shape index (κ3) is 3.67. The molecule has 0 aliphatic heterocycles. The molecule has 0 unspecified atom stereocenters. The smallest absolute Gasteiger partial charge is 0.274 e. The first-order valence-electron chi connectivity index (χ1n) is 8.71. The number of carbonyl (C=O) groups is 1. The Balaban J connectivity index is 1.83. The van der Waals surface area contributed by atoms with E-state index in [-0.39, 0.29) is 11.6 Å². The van der Waals surface area contributed by atoms with Crippen molar-refractivity contribution in [1.29, 1.82) is 0 Å². The van der Waals surface area contributed by atoms with Crippen molar-refractivity contribution in [2.45, 2.75) is 33.7 Å². The Morgan fingerprint density at radius 2 is 2.00 bits per heavy atom. The summed E-state index contributed by atoms with van der Waals surface area (Å²) in [6.45, 7) is 8.13. The summed E-state index contributed by atoms with van der Waals surface area (Å²) in [5.41, 5.74) is 5.19. The Bertz CT molecular complexity index is 1000. The standard InChI is InChI=1S/C20H22FN5O/c1-13(2)26-19(9-10-23-26)25-14(3)11-16(15(25)4)12-22-24-20(27)17-7-5-6-8-18(17)21/h5-13H,1-4H3,(H,24,27)/b22-12-. The van der Waals surface area contributed by atoms with Crippen molar-refractivity contribution in [3.8, 4) is 5.82 Å².